The van der Waals surface area contributed by atoms with E-state index in [-0.39, 0.29) is 16.5 Å². The second-order valence-corrected chi connectivity index (χ2v) is 4.17. The molecule has 17 heavy (non-hydrogen) atoms. The molecule has 0 saturated carbocycles. The van der Waals surface area contributed by atoms with Crippen molar-refractivity contribution in [3.8, 4) is 0 Å². The van der Waals surface area contributed by atoms with Crippen molar-refractivity contribution in [1.82, 2.24) is 0 Å². The molecule has 1 rings (SSSR count). The van der Waals surface area contributed by atoms with Crippen LogP contribution in [0.2, 0.25) is 0 Å². The lowest BCUT2D eigenvalue weighted by Gasteiger charge is -2.14. The largest absolute Gasteiger partial charge is 0.464 e. The quantitative estimate of drug-likeness (QED) is 0.456. The Morgan fingerprint density at radius 2 is 2.24 bits per heavy atom. The number of nitrogens with zero attached hydrogens (tertiary/aromatic N) is 1. The lowest BCUT2D eigenvalue weighted by Crippen LogP contribution is -2.29. The van der Waals surface area contributed by atoms with E-state index in [2.05, 4.69) is 4.74 Å². The molecule has 0 bridgehead atoms. The third kappa shape index (κ3) is 3.22. The minimum Gasteiger partial charge on any atom is -0.464 e. The molecule has 0 amide bonds. The Hall–Kier alpha value is -1.51. The fourth-order valence-electron chi connectivity index (χ4n) is 1.11. The number of aliphatic hydroxyl groups excluding tert-OH is 2. The summed E-state index contributed by atoms with van der Waals surface area (Å²) >= 11 is 0.696. The molecule has 0 spiro atoms. The van der Waals surface area contributed by atoms with Crippen LogP contribution in [-0.4, -0.2) is 33.8 Å². The van der Waals surface area contributed by atoms with Crippen molar-refractivity contribution < 1.29 is 24.7 Å². The van der Waals surface area contributed by atoms with E-state index in [1.807, 2.05) is 0 Å². The second kappa shape index (κ2) is 5.71. The van der Waals surface area contributed by atoms with Gasteiger partial charge in [0.1, 0.15) is 6.10 Å². The van der Waals surface area contributed by atoms with Gasteiger partial charge in [-0.05, 0) is 13.0 Å². The van der Waals surface area contributed by atoms with Crippen LogP contribution in [0.1, 0.15) is 17.9 Å². The van der Waals surface area contributed by atoms with E-state index >= 15 is 0 Å². The van der Waals surface area contributed by atoms with Crippen LogP contribution in [0.25, 0.3) is 0 Å². The molecule has 8 heteroatoms. The van der Waals surface area contributed by atoms with Crippen molar-refractivity contribution in [2.24, 2.45) is 0 Å². The van der Waals surface area contributed by atoms with E-state index in [4.69, 9.17) is 0 Å². The number of aliphatic hydroxyl groups is 2. The number of carbonyl (C=O) groups is 1. The van der Waals surface area contributed by atoms with Gasteiger partial charge in [0.05, 0.1) is 11.5 Å². The predicted molar refractivity (Wildman–Crippen MR) is 58.6 cm³/mol. The van der Waals surface area contributed by atoms with E-state index in [1.165, 1.54) is 12.1 Å². The number of esters is 1. The molecule has 7 nitrogen and oxygen atoms in total. The molecular formula is C9H11NO6S. The SMILES string of the molecule is CCOC(=O)C(O)C(O)c1ccc([N+](=O)[O-])s1. The molecule has 0 aliphatic rings. The molecule has 2 atom stereocenters. The summed E-state index contributed by atoms with van der Waals surface area (Å²) in [5, 5.41) is 29.3. The Labute approximate surface area is 100 Å². The van der Waals surface area contributed by atoms with E-state index in [0.29, 0.717) is 11.3 Å². The van der Waals surface area contributed by atoms with Gasteiger partial charge in [-0.1, -0.05) is 11.3 Å². The van der Waals surface area contributed by atoms with Gasteiger partial charge in [0.2, 0.25) is 0 Å². The highest BCUT2D eigenvalue weighted by molar-refractivity contribution is 7.15. The molecule has 2 unspecified atom stereocenters. The van der Waals surface area contributed by atoms with E-state index in [0.717, 1.165) is 0 Å². The first-order valence-electron chi connectivity index (χ1n) is 4.74. The molecule has 0 aliphatic heterocycles. The minimum absolute atomic E-state index is 0.0766. The predicted octanol–water partition coefficient (Wildman–Crippen LogP) is 0.614. The summed E-state index contributed by atoms with van der Waals surface area (Å²) < 4.78 is 4.52. The minimum atomic E-state index is -1.74. The van der Waals surface area contributed by atoms with Gasteiger partial charge in [-0.3, -0.25) is 10.1 Å². The first-order chi connectivity index (χ1) is 7.97. The van der Waals surface area contributed by atoms with Crippen molar-refractivity contribution in [2.45, 2.75) is 19.1 Å². The first kappa shape index (κ1) is 13.6. The van der Waals surface area contributed by atoms with E-state index in [9.17, 15) is 25.1 Å². The molecule has 2 N–H and O–H groups in total. The maximum absolute atomic E-state index is 11.1. The third-order valence-corrected chi connectivity index (χ3v) is 3.02. The third-order valence-electron chi connectivity index (χ3n) is 1.91. The fourth-order valence-corrected chi connectivity index (χ4v) is 1.95. The number of ether oxygens (including phenoxy) is 1. The van der Waals surface area contributed by atoms with Crippen LogP contribution in [0, 0.1) is 10.1 Å². The number of nitro groups is 1. The second-order valence-electron chi connectivity index (χ2n) is 3.07. The Kier molecular flexibility index (Phi) is 4.55. The molecule has 0 aliphatic carbocycles. The highest BCUT2D eigenvalue weighted by Crippen LogP contribution is 2.30. The summed E-state index contributed by atoms with van der Waals surface area (Å²) in [6.45, 7) is 1.64. The van der Waals surface area contributed by atoms with Gasteiger partial charge < -0.3 is 14.9 Å². The molecule has 0 fully saturated rings. The average molecular weight is 261 g/mol. The maximum atomic E-state index is 11.1. The Balaban J connectivity index is 2.77. The molecule has 0 aromatic carbocycles. The van der Waals surface area contributed by atoms with Gasteiger partial charge in [0, 0.05) is 10.9 Å². The number of carbonyl (C=O) groups excluding carboxylic acids is 1. The standard InChI is InChI=1S/C9H11NO6S/c1-2-16-9(13)8(12)7(11)5-3-4-6(17-5)10(14)15/h3-4,7-8,11-12H,2H2,1H3. The number of hydrogen-bond acceptors (Lipinski definition) is 7. The summed E-state index contributed by atoms with van der Waals surface area (Å²) in [6.07, 6.45) is -3.26. The Morgan fingerprint density at radius 3 is 2.71 bits per heavy atom. The molecule has 94 valence electrons. The normalized spacial score (nSPS) is 14.1. The molecule has 0 saturated heterocycles. The van der Waals surface area contributed by atoms with Crippen LogP contribution in [0.3, 0.4) is 0 Å². The van der Waals surface area contributed by atoms with E-state index in [1.54, 1.807) is 6.92 Å². The zero-order valence-electron chi connectivity index (χ0n) is 8.90. The molecule has 1 heterocycles. The molecule has 0 radical (unpaired) electrons. The van der Waals surface area contributed by atoms with Crippen molar-refractivity contribution in [3.63, 3.8) is 0 Å². The van der Waals surface area contributed by atoms with Crippen LogP contribution in [0.5, 0.6) is 0 Å². The number of hydrogen-bond donors (Lipinski definition) is 2. The Morgan fingerprint density at radius 1 is 1.59 bits per heavy atom. The summed E-state index contributed by atoms with van der Waals surface area (Å²) in [4.78, 5) is 21.1. The summed E-state index contributed by atoms with van der Waals surface area (Å²) in [5.74, 6) is -0.962. The first-order valence-corrected chi connectivity index (χ1v) is 5.56. The van der Waals surface area contributed by atoms with Crippen molar-refractivity contribution in [3.05, 3.63) is 27.1 Å². The van der Waals surface area contributed by atoms with Crippen molar-refractivity contribution >= 4 is 22.3 Å². The molecular weight excluding hydrogens is 250 g/mol. The summed E-state index contributed by atoms with van der Waals surface area (Å²) in [7, 11) is 0. The van der Waals surface area contributed by atoms with Gasteiger partial charge in [0.15, 0.2) is 6.10 Å². The zero-order valence-corrected chi connectivity index (χ0v) is 9.72. The zero-order chi connectivity index (χ0) is 13.0. The van der Waals surface area contributed by atoms with Crippen LogP contribution in [-0.2, 0) is 9.53 Å². The number of rotatable bonds is 5. The highest BCUT2D eigenvalue weighted by Gasteiger charge is 2.29. The maximum Gasteiger partial charge on any atom is 0.338 e. The van der Waals surface area contributed by atoms with Crippen LogP contribution in [0.4, 0.5) is 5.00 Å². The Bertz CT molecular complexity index is 417. The lowest BCUT2D eigenvalue weighted by molar-refractivity contribution is -0.380. The lowest BCUT2D eigenvalue weighted by atomic mass is 10.2. The van der Waals surface area contributed by atoms with Crippen LogP contribution in [0.15, 0.2) is 12.1 Å². The smallest absolute Gasteiger partial charge is 0.338 e. The van der Waals surface area contributed by atoms with Crippen LogP contribution >= 0.6 is 11.3 Å². The summed E-state index contributed by atoms with van der Waals surface area (Å²) in [5.41, 5.74) is 0. The number of thiophene rings is 1. The molecule has 1 aromatic heterocycles. The summed E-state index contributed by atoms with van der Waals surface area (Å²) in [6, 6.07) is 2.48. The molecule has 1 aromatic rings. The van der Waals surface area contributed by atoms with Crippen LogP contribution < -0.4 is 0 Å². The van der Waals surface area contributed by atoms with Gasteiger partial charge in [0.25, 0.3) is 0 Å². The van der Waals surface area contributed by atoms with Gasteiger partial charge >= 0.3 is 11.0 Å². The highest BCUT2D eigenvalue weighted by atomic mass is 32.1. The van der Waals surface area contributed by atoms with E-state index < -0.39 is 23.1 Å². The monoisotopic (exact) mass is 261 g/mol. The fraction of sp³-hybridized carbons (Fsp3) is 0.444. The van der Waals surface area contributed by atoms with Gasteiger partial charge in [-0.2, -0.15) is 0 Å². The van der Waals surface area contributed by atoms with Gasteiger partial charge in [-0.25, -0.2) is 4.79 Å². The van der Waals surface area contributed by atoms with Gasteiger partial charge in [-0.15, -0.1) is 0 Å². The van der Waals surface area contributed by atoms with Crippen molar-refractivity contribution in [2.75, 3.05) is 6.61 Å². The topological polar surface area (TPSA) is 110 Å². The van der Waals surface area contributed by atoms with Crippen molar-refractivity contribution in [1.29, 1.82) is 0 Å². The average Bonchev–Trinajstić information content (AvgIpc) is 2.76.